The molecule has 0 saturated heterocycles. The van der Waals surface area contributed by atoms with Crippen molar-refractivity contribution >= 4 is 27.7 Å². The van der Waals surface area contributed by atoms with Gasteiger partial charge in [0.15, 0.2) is 5.69 Å². The number of nitrogens with zero attached hydrogens (tertiary/aromatic N) is 1. The third-order valence-corrected chi connectivity index (χ3v) is 3.10. The smallest absolute Gasteiger partial charge is 0.274 e. The Labute approximate surface area is 123 Å². The highest BCUT2D eigenvalue weighted by Crippen LogP contribution is 2.18. The van der Waals surface area contributed by atoms with E-state index >= 15 is 0 Å². The number of carbonyl (C=O) groups is 2. The zero-order chi connectivity index (χ0) is 14.7. The number of hydrogen-bond acceptors (Lipinski definition) is 4. The van der Waals surface area contributed by atoms with Crippen molar-refractivity contribution in [1.29, 1.82) is 0 Å². The summed E-state index contributed by atoms with van der Waals surface area (Å²) in [6.45, 7) is 1.67. The largest absolute Gasteiger partial charge is 0.368 e. The summed E-state index contributed by atoms with van der Waals surface area (Å²) in [6, 6.07) is 7.52. The minimum atomic E-state index is -0.933. The lowest BCUT2D eigenvalue weighted by atomic mass is 10.1. The van der Waals surface area contributed by atoms with E-state index in [4.69, 9.17) is 10.3 Å². The molecule has 6 nitrogen and oxygen atoms in total. The summed E-state index contributed by atoms with van der Waals surface area (Å²) >= 11 is 3.30. The highest BCUT2D eigenvalue weighted by molar-refractivity contribution is 9.10. The lowest BCUT2D eigenvalue weighted by Crippen LogP contribution is -2.37. The fraction of sp³-hybridized carbons (Fsp3) is 0.154. The minimum absolute atomic E-state index is 0.101. The van der Waals surface area contributed by atoms with E-state index in [1.807, 2.05) is 6.07 Å². The van der Waals surface area contributed by atoms with Gasteiger partial charge >= 0.3 is 0 Å². The molecular weight excluding hydrogens is 326 g/mol. The minimum Gasteiger partial charge on any atom is -0.368 e. The first-order chi connectivity index (χ1) is 9.47. The Kier molecular flexibility index (Phi) is 4.19. The van der Waals surface area contributed by atoms with Gasteiger partial charge in [-0.3, -0.25) is 9.59 Å². The molecule has 2 amide bonds. The van der Waals surface area contributed by atoms with Crippen LogP contribution in [0.15, 0.2) is 39.3 Å². The van der Waals surface area contributed by atoms with Gasteiger partial charge in [-0.2, -0.15) is 0 Å². The Bertz CT molecular complexity index is 654. The normalized spacial score (nSPS) is 11.9. The van der Waals surface area contributed by atoms with Crippen molar-refractivity contribution in [3.63, 3.8) is 0 Å². The molecule has 0 aliphatic rings. The molecule has 104 valence electrons. The van der Waals surface area contributed by atoms with Crippen molar-refractivity contribution in [3.8, 4) is 0 Å². The van der Waals surface area contributed by atoms with Crippen molar-refractivity contribution in [1.82, 2.24) is 10.5 Å². The van der Waals surface area contributed by atoms with Crippen molar-refractivity contribution in [3.05, 3.63) is 51.8 Å². The molecule has 1 aromatic carbocycles. The van der Waals surface area contributed by atoms with Crippen molar-refractivity contribution in [2.45, 2.75) is 13.0 Å². The summed E-state index contributed by atoms with van der Waals surface area (Å²) in [5.41, 5.74) is 6.02. The standard InChI is InChI=1S/C13H12BrN3O3/c1-7-5-10(17-20-7)13(19)16-11(12(15)18)8-3-2-4-9(14)6-8/h2-6,11H,1H3,(H2,15,18)(H,16,19)/t11-/m0/s1. The second-order valence-corrected chi connectivity index (χ2v) is 5.10. The van der Waals surface area contributed by atoms with Crippen LogP contribution >= 0.6 is 15.9 Å². The van der Waals surface area contributed by atoms with Crippen LogP contribution in [0.25, 0.3) is 0 Å². The first-order valence-electron chi connectivity index (χ1n) is 5.76. The van der Waals surface area contributed by atoms with Crippen LogP contribution in [-0.4, -0.2) is 17.0 Å². The third-order valence-electron chi connectivity index (χ3n) is 2.60. The monoisotopic (exact) mass is 337 g/mol. The number of carbonyl (C=O) groups excluding carboxylic acids is 2. The van der Waals surface area contributed by atoms with Gasteiger partial charge in [0.1, 0.15) is 11.8 Å². The maximum atomic E-state index is 12.0. The Morgan fingerprint density at radius 2 is 2.15 bits per heavy atom. The molecular formula is C13H12BrN3O3. The number of primary amides is 1. The van der Waals surface area contributed by atoms with E-state index in [1.165, 1.54) is 6.07 Å². The molecule has 7 heteroatoms. The van der Waals surface area contributed by atoms with Gasteiger partial charge in [0, 0.05) is 10.5 Å². The van der Waals surface area contributed by atoms with E-state index in [1.54, 1.807) is 25.1 Å². The molecule has 1 aromatic heterocycles. The average Bonchev–Trinajstić information content (AvgIpc) is 2.82. The summed E-state index contributed by atoms with van der Waals surface area (Å²) in [6.07, 6.45) is 0. The number of aryl methyl sites for hydroxylation is 1. The number of halogens is 1. The fourth-order valence-electron chi connectivity index (χ4n) is 1.68. The number of nitrogens with one attached hydrogen (secondary N) is 1. The van der Waals surface area contributed by atoms with Gasteiger partial charge in [-0.25, -0.2) is 0 Å². The van der Waals surface area contributed by atoms with Gasteiger partial charge in [-0.05, 0) is 24.6 Å². The zero-order valence-electron chi connectivity index (χ0n) is 10.6. The van der Waals surface area contributed by atoms with Crippen molar-refractivity contribution in [2.75, 3.05) is 0 Å². The van der Waals surface area contributed by atoms with Crippen LogP contribution in [0.3, 0.4) is 0 Å². The quantitative estimate of drug-likeness (QED) is 0.886. The molecule has 0 unspecified atom stereocenters. The van der Waals surface area contributed by atoms with Gasteiger partial charge in [-0.1, -0.05) is 33.2 Å². The van der Waals surface area contributed by atoms with Gasteiger partial charge in [0.25, 0.3) is 5.91 Å². The van der Waals surface area contributed by atoms with Crippen LogP contribution in [-0.2, 0) is 4.79 Å². The fourth-order valence-corrected chi connectivity index (χ4v) is 2.10. The maximum absolute atomic E-state index is 12.0. The summed E-state index contributed by atoms with van der Waals surface area (Å²) in [5, 5.41) is 6.12. The van der Waals surface area contributed by atoms with Crippen LogP contribution in [0.2, 0.25) is 0 Å². The van der Waals surface area contributed by atoms with E-state index in [-0.39, 0.29) is 5.69 Å². The van der Waals surface area contributed by atoms with Crippen LogP contribution in [0.4, 0.5) is 0 Å². The van der Waals surface area contributed by atoms with Gasteiger partial charge < -0.3 is 15.6 Å². The number of nitrogens with two attached hydrogens (primary N) is 1. The molecule has 2 aromatic rings. The van der Waals surface area contributed by atoms with E-state index in [9.17, 15) is 9.59 Å². The Balaban J connectivity index is 2.22. The number of benzene rings is 1. The van der Waals surface area contributed by atoms with E-state index in [0.717, 1.165) is 4.47 Å². The van der Waals surface area contributed by atoms with Gasteiger partial charge in [0.2, 0.25) is 5.91 Å². The molecule has 1 heterocycles. The average molecular weight is 338 g/mol. The molecule has 1 atom stereocenters. The highest BCUT2D eigenvalue weighted by Gasteiger charge is 2.22. The summed E-state index contributed by atoms with van der Waals surface area (Å²) in [7, 11) is 0. The molecule has 0 bridgehead atoms. The lowest BCUT2D eigenvalue weighted by Gasteiger charge is -2.15. The topological polar surface area (TPSA) is 98.2 Å². The Hall–Kier alpha value is -2.15. The van der Waals surface area contributed by atoms with E-state index < -0.39 is 17.9 Å². The van der Waals surface area contributed by atoms with E-state index in [2.05, 4.69) is 26.4 Å². The molecule has 0 fully saturated rings. The number of aromatic nitrogens is 1. The first-order valence-corrected chi connectivity index (χ1v) is 6.55. The molecule has 0 radical (unpaired) electrons. The molecule has 3 N–H and O–H groups in total. The van der Waals surface area contributed by atoms with Crippen LogP contribution in [0, 0.1) is 6.92 Å². The summed E-state index contributed by atoms with van der Waals surface area (Å²) < 4.78 is 5.60. The summed E-state index contributed by atoms with van der Waals surface area (Å²) in [4.78, 5) is 23.5. The predicted octanol–water partition coefficient (Wildman–Crippen LogP) is 1.70. The second kappa shape index (κ2) is 5.87. The SMILES string of the molecule is Cc1cc(C(=O)N[C@H](C(N)=O)c2cccc(Br)c2)no1. The molecule has 0 aliphatic heterocycles. The maximum Gasteiger partial charge on any atom is 0.274 e. The Morgan fingerprint density at radius 1 is 1.40 bits per heavy atom. The van der Waals surface area contributed by atoms with Gasteiger partial charge in [-0.15, -0.1) is 0 Å². The number of rotatable bonds is 4. The Morgan fingerprint density at radius 3 is 2.70 bits per heavy atom. The van der Waals surface area contributed by atoms with Crippen molar-refractivity contribution < 1.29 is 14.1 Å². The van der Waals surface area contributed by atoms with Crippen LogP contribution < -0.4 is 11.1 Å². The number of amides is 2. The van der Waals surface area contributed by atoms with Gasteiger partial charge in [0.05, 0.1) is 0 Å². The lowest BCUT2D eigenvalue weighted by molar-refractivity contribution is -0.120. The molecule has 0 saturated carbocycles. The number of hydrogen-bond donors (Lipinski definition) is 2. The third kappa shape index (κ3) is 3.24. The first kappa shape index (κ1) is 14.3. The predicted molar refractivity (Wildman–Crippen MR) is 74.8 cm³/mol. The van der Waals surface area contributed by atoms with E-state index in [0.29, 0.717) is 11.3 Å². The highest BCUT2D eigenvalue weighted by atomic mass is 79.9. The second-order valence-electron chi connectivity index (χ2n) is 4.19. The molecule has 20 heavy (non-hydrogen) atoms. The molecule has 2 rings (SSSR count). The van der Waals surface area contributed by atoms with Crippen LogP contribution in [0.5, 0.6) is 0 Å². The molecule has 0 aliphatic carbocycles. The molecule has 0 spiro atoms. The van der Waals surface area contributed by atoms with Crippen LogP contribution in [0.1, 0.15) is 27.9 Å². The zero-order valence-corrected chi connectivity index (χ0v) is 12.2. The van der Waals surface area contributed by atoms with Crippen molar-refractivity contribution in [2.24, 2.45) is 5.73 Å². The summed E-state index contributed by atoms with van der Waals surface area (Å²) in [5.74, 6) is -0.671.